The van der Waals surface area contributed by atoms with E-state index in [1.807, 2.05) is 4.57 Å². The van der Waals surface area contributed by atoms with E-state index < -0.39 is 0 Å². The molecule has 0 bridgehead atoms. The van der Waals surface area contributed by atoms with Crippen LogP contribution in [0.4, 0.5) is 11.8 Å². The lowest BCUT2D eigenvalue weighted by atomic mass is 9.86. The van der Waals surface area contributed by atoms with Gasteiger partial charge in [0.2, 0.25) is 5.95 Å². The Labute approximate surface area is 262 Å². The summed E-state index contributed by atoms with van der Waals surface area (Å²) in [5.74, 6) is 1.53. The number of fused-ring (bicyclic) bond motifs is 1. The summed E-state index contributed by atoms with van der Waals surface area (Å²) in [4.78, 5) is 13.0. The number of imidazole rings is 1. The van der Waals surface area contributed by atoms with Gasteiger partial charge in [0.1, 0.15) is 5.75 Å². The van der Waals surface area contributed by atoms with E-state index in [2.05, 4.69) is 136 Å². The second-order valence-corrected chi connectivity index (χ2v) is 10.6. The number of unbranched alkanes of at least 4 members (excludes halogenated alkanes) is 1. The van der Waals surface area contributed by atoms with Crippen LogP contribution in [0.2, 0.25) is 0 Å². The number of hydrogen-bond acceptors (Lipinski definition) is 7. The fraction of sp³-hybridized carbons (Fsp3) is 0.162. The maximum Gasteiger partial charge on any atom is 0.224 e. The minimum atomic E-state index is -0.0118. The van der Waals surface area contributed by atoms with E-state index in [9.17, 15) is 0 Å². The fourth-order valence-electron chi connectivity index (χ4n) is 5.44. The molecule has 0 radical (unpaired) electrons. The number of benzene rings is 4. The van der Waals surface area contributed by atoms with Gasteiger partial charge in [-0.2, -0.15) is 9.97 Å². The Kier molecular flexibility index (Phi) is 9.43. The normalized spacial score (nSPS) is 11.0. The number of anilines is 2. The van der Waals surface area contributed by atoms with Crippen LogP contribution in [0.5, 0.6) is 5.75 Å². The van der Waals surface area contributed by atoms with Gasteiger partial charge in [-0.05, 0) is 58.4 Å². The molecule has 0 aliphatic rings. The van der Waals surface area contributed by atoms with Gasteiger partial charge in [0.15, 0.2) is 17.0 Å². The highest BCUT2D eigenvalue weighted by atomic mass is 16.5. The zero-order valence-electron chi connectivity index (χ0n) is 25.0. The van der Waals surface area contributed by atoms with E-state index in [1.165, 1.54) is 22.3 Å². The highest BCUT2D eigenvalue weighted by Gasteiger charge is 2.16. The predicted molar refractivity (Wildman–Crippen MR) is 181 cm³/mol. The van der Waals surface area contributed by atoms with Gasteiger partial charge in [-0.25, -0.2) is 4.98 Å². The lowest BCUT2D eigenvalue weighted by Crippen LogP contribution is -2.10. The minimum absolute atomic E-state index is 0.0118. The van der Waals surface area contributed by atoms with Gasteiger partial charge in [-0.15, -0.1) is 0 Å². The summed E-state index contributed by atoms with van der Waals surface area (Å²) in [5.41, 5.74) is 14.2. The third-order valence-electron chi connectivity index (χ3n) is 7.53. The standard InChI is InChI=1S/C37H36N6O2/c38-37-41-35(39-22-24-44)34-36(42-37)43(26-40-34)23-10-11-25-45-31-20-18-30(19-21-31)33(29-16-8-3-9-17-29)32(27-12-4-1-5-13-27)28-14-6-2-7-15-28/h1-9,12-21,26,44H,10-11,22-25H2,(H3,38,39,41,42). The first kappa shape index (κ1) is 29.6. The quantitative estimate of drug-likeness (QED) is 0.101. The molecule has 0 amide bonds. The number of aliphatic hydroxyl groups is 1. The van der Waals surface area contributed by atoms with E-state index in [4.69, 9.17) is 15.6 Å². The number of nitrogens with zero attached hydrogens (tertiary/aromatic N) is 4. The lowest BCUT2D eigenvalue weighted by Gasteiger charge is -2.18. The Morgan fingerprint density at radius 2 is 1.27 bits per heavy atom. The number of aromatic nitrogens is 4. The Morgan fingerprint density at radius 1 is 0.711 bits per heavy atom. The Balaban J connectivity index is 1.17. The van der Waals surface area contributed by atoms with E-state index >= 15 is 0 Å². The average molecular weight is 597 g/mol. The molecule has 8 nitrogen and oxygen atoms in total. The molecule has 6 rings (SSSR count). The number of nitrogen functional groups attached to an aromatic ring is 1. The van der Waals surface area contributed by atoms with Crippen LogP contribution in [0.25, 0.3) is 22.3 Å². The summed E-state index contributed by atoms with van der Waals surface area (Å²) in [6.07, 6.45) is 3.49. The lowest BCUT2D eigenvalue weighted by molar-refractivity contribution is 0.303. The SMILES string of the molecule is Nc1nc(NCCO)c2ncn(CCCCOc3ccc(C(=C(c4ccccc4)c4ccccc4)c4ccccc4)cc3)c2n1. The van der Waals surface area contributed by atoms with Crippen molar-refractivity contribution in [2.75, 3.05) is 30.8 Å². The molecule has 0 aliphatic carbocycles. The van der Waals surface area contributed by atoms with Crippen LogP contribution >= 0.6 is 0 Å². The summed E-state index contributed by atoms with van der Waals surface area (Å²) in [6.45, 7) is 1.67. The van der Waals surface area contributed by atoms with Crippen molar-refractivity contribution in [2.45, 2.75) is 19.4 Å². The van der Waals surface area contributed by atoms with Gasteiger partial charge in [0.05, 0.1) is 19.5 Å². The second-order valence-electron chi connectivity index (χ2n) is 10.6. The molecule has 45 heavy (non-hydrogen) atoms. The molecule has 0 atom stereocenters. The van der Waals surface area contributed by atoms with Crippen molar-refractivity contribution in [3.8, 4) is 5.75 Å². The summed E-state index contributed by atoms with van der Waals surface area (Å²) in [7, 11) is 0. The van der Waals surface area contributed by atoms with Gasteiger partial charge < -0.3 is 25.5 Å². The molecular weight excluding hydrogens is 560 g/mol. The molecule has 6 aromatic rings. The molecule has 8 heteroatoms. The molecule has 226 valence electrons. The van der Waals surface area contributed by atoms with Crippen molar-refractivity contribution < 1.29 is 9.84 Å². The topological polar surface area (TPSA) is 111 Å². The molecule has 2 aromatic heterocycles. The number of nitrogens with two attached hydrogens (primary N) is 1. The summed E-state index contributed by atoms with van der Waals surface area (Å²) < 4.78 is 8.12. The highest BCUT2D eigenvalue weighted by molar-refractivity contribution is 6.04. The third kappa shape index (κ3) is 7.03. The van der Waals surface area contributed by atoms with E-state index in [-0.39, 0.29) is 12.6 Å². The zero-order chi connectivity index (χ0) is 30.8. The van der Waals surface area contributed by atoms with E-state index in [1.54, 1.807) is 6.33 Å². The number of aliphatic hydroxyl groups excluding tert-OH is 1. The molecule has 0 spiro atoms. The number of rotatable bonds is 13. The monoisotopic (exact) mass is 596 g/mol. The van der Waals surface area contributed by atoms with Gasteiger partial charge in [-0.3, -0.25) is 0 Å². The second kappa shape index (κ2) is 14.3. The zero-order valence-corrected chi connectivity index (χ0v) is 25.0. The van der Waals surface area contributed by atoms with E-state index in [0.717, 1.165) is 36.3 Å². The number of aryl methyl sites for hydroxylation is 1. The molecule has 0 fully saturated rings. The van der Waals surface area contributed by atoms with Crippen molar-refractivity contribution >= 4 is 34.1 Å². The Bertz CT molecular complexity index is 1810. The van der Waals surface area contributed by atoms with Crippen LogP contribution in [0.3, 0.4) is 0 Å². The van der Waals surface area contributed by atoms with Crippen LogP contribution in [-0.4, -0.2) is 44.4 Å². The smallest absolute Gasteiger partial charge is 0.224 e. The van der Waals surface area contributed by atoms with Crippen molar-refractivity contribution in [1.82, 2.24) is 19.5 Å². The minimum Gasteiger partial charge on any atom is -0.494 e. The first-order valence-electron chi connectivity index (χ1n) is 15.2. The number of ether oxygens (including phenoxy) is 1. The summed E-state index contributed by atoms with van der Waals surface area (Å²) in [6, 6.07) is 40.1. The van der Waals surface area contributed by atoms with Crippen LogP contribution in [0, 0.1) is 0 Å². The molecule has 0 saturated heterocycles. The maximum absolute atomic E-state index is 9.14. The first-order valence-corrected chi connectivity index (χ1v) is 15.2. The van der Waals surface area contributed by atoms with Gasteiger partial charge >= 0.3 is 0 Å². The predicted octanol–water partition coefficient (Wildman–Crippen LogP) is 6.68. The van der Waals surface area contributed by atoms with Crippen LogP contribution in [-0.2, 0) is 6.54 Å². The van der Waals surface area contributed by atoms with Crippen molar-refractivity contribution in [1.29, 1.82) is 0 Å². The molecule has 0 saturated carbocycles. The largest absolute Gasteiger partial charge is 0.494 e. The van der Waals surface area contributed by atoms with E-state index in [0.29, 0.717) is 30.1 Å². The average Bonchev–Trinajstić information content (AvgIpc) is 3.50. The Hall–Kier alpha value is -5.47. The van der Waals surface area contributed by atoms with Crippen LogP contribution in [0.1, 0.15) is 35.1 Å². The van der Waals surface area contributed by atoms with Gasteiger partial charge in [0.25, 0.3) is 0 Å². The number of hydrogen-bond donors (Lipinski definition) is 3. The number of nitrogens with one attached hydrogen (secondary N) is 1. The highest BCUT2D eigenvalue weighted by Crippen LogP contribution is 2.37. The summed E-state index contributed by atoms with van der Waals surface area (Å²) in [5, 5.41) is 12.2. The Morgan fingerprint density at radius 3 is 1.82 bits per heavy atom. The molecule has 2 heterocycles. The molecular formula is C37H36N6O2. The third-order valence-corrected chi connectivity index (χ3v) is 7.53. The molecule has 0 aliphatic heterocycles. The van der Waals surface area contributed by atoms with Crippen LogP contribution < -0.4 is 15.8 Å². The van der Waals surface area contributed by atoms with Crippen molar-refractivity contribution in [3.63, 3.8) is 0 Å². The van der Waals surface area contributed by atoms with Gasteiger partial charge in [0, 0.05) is 13.1 Å². The first-order chi connectivity index (χ1) is 22.2. The maximum atomic E-state index is 9.14. The molecule has 4 aromatic carbocycles. The van der Waals surface area contributed by atoms with Crippen molar-refractivity contribution in [2.24, 2.45) is 0 Å². The van der Waals surface area contributed by atoms with Crippen LogP contribution in [0.15, 0.2) is 122 Å². The fourth-order valence-corrected chi connectivity index (χ4v) is 5.44. The molecule has 4 N–H and O–H groups in total. The summed E-state index contributed by atoms with van der Waals surface area (Å²) >= 11 is 0. The van der Waals surface area contributed by atoms with Gasteiger partial charge in [-0.1, -0.05) is 103 Å². The van der Waals surface area contributed by atoms with Crippen molar-refractivity contribution in [3.05, 3.63) is 144 Å². The molecule has 0 unspecified atom stereocenters.